The van der Waals surface area contributed by atoms with Crippen molar-refractivity contribution < 1.29 is 18.0 Å². The Morgan fingerprint density at radius 1 is 0.846 bits per heavy atom. The normalized spacial score (nSPS) is 12.9. The maximum Gasteiger partial charge on any atom is 0.264 e. The molecule has 0 aliphatic carbocycles. The molecule has 0 spiro atoms. The SMILES string of the molecule is CCC(C)NC(=O)C(C)N(Cc1cccc(C)c1)C(=O)CN(c1ccc(C)cc1)S(=O)(=O)c1ccc(C)cc1. The summed E-state index contributed by atoms with van der Waals surface area (Å²) in [5.74, 6) is -0.756. The van der Waals surface area contributed by atoms with Gasteiger partial charge in [0.15, 0.2) is 0 Å². The van der Waals surface area contributed by atoms with Gasteiger partial charge in [0.05, 0.1) is 10.6 Å². The quantitative estimate of drug-likeness (QED) is 0.359. The van der Waals surface area contributed by atoms with Crippen LogP contribution >= 0.6 is 0 Å². The minimum Gasteiger partial charge on any atom is -0.352 e. The minimum absolute atomic E-state index is 0.0538. The lowest BCUT2D eigenvalue weighted by Gasteiger charge is -2.32. The molecule has 39 heavy (non-hydrogen) atoms. The highest BCUT2D eigenvalue weighted by atomic mass is 32.2. The van der Waals surface area contributed by atoms with Gasteiger partial charge in [0.1, 0.15) is 12.6 Å². The molecule has 0 saturated heterocycles. The summed E-state index contributed by atoms with van der Waals surface area (Å²) in [5.41, 5.74) is 4.16. The van der Waals surface area contributed by atoms with Crippen LogP contribution in [0.5, 0.6) is 0 Å². The van der Waals surface area contributed by atoms with E-state index in [9.17, 15) is 18.0 Å². The molecule has 1 N–H and O–H groups in total. The third-order valence-corrected chi connectivity index (χ3v) is 8.60. The summed E-state index contributed by atoms with van der Waals surface area (Å²) in [6.07, 6.45) is 0.750. The zero-order valence-electron chi connectivity index (χ0n) is 23.6. The summed E-state index contributed by atoms with van der Waals surface area (Å²) in [4.78, 5) is 28.6. The lowest BCUT2D eigenvalue weighted by molar-refractivity contribution is -0.139. The fourth-order valence-corrected chi connectivity index (χ4v) is 5.55. The summed E-state index contributed by atoms with van der Waals surface area (Å²) in [6, 6.07) is 20.4. The van der Waals surface area contributed by atoms with Crippen LogP contribution in [-0.4, -0.2) is 43.8 Å². The third kappa shape index (κ3) is 7.69. The second-order valence-corrected chi connectivity index (χ2v) is 12.0. The van der Waals surface area contributed by atoms with Gasteiger partial charge in [-0.2, -0.15) is 0 Å². The van der Waals surface area contributed by atoms with Crippen LogP contribution in [0.2, 0.25) is 0 Å². The number of amides is 2. The maximum atomic E-state index is 14.0. The van der Waals surface area contributed by atoms with Crippen molar-refractivity contribution in [2.24, 2.45) is 0 Å². The smallest absolute Gasteiger partial charge is 0.264 e. The topological polar surface area (TPSA) is 86.8 Å². The van der Waals surface area contributed by atoms with Gasteiger partial charge in [-0.25, -0.2) is 8.42 Å². The molecule has 3 aromatic carbocycles. The maximum absolute atomic E-state index is 14.0. The number of hydrogen-bond donors (Lipinski definition) is 1. The Bertz CT molecular complexity index is 1390. The molecule has 208 valence electrons. The van der Waals surface area contributed by atoms with Crippen LogP contribution in [0.4, 0.5) is 5.69 Å². The summed E-state index contributed by atoms with van der Waals surface area (Å²) in [5, 5.41) is 2.95. The Balaban J connectivity index is 2.02. The number of nitrogens with zero attached hydrogens (tertiary/aromatic N) is 2. The van der Waals surface area contributed by atoms with Gasteiger partial charge < -0.3 is 10.2 Å². The fraction of sp³-hybridized carbons (Fsp3) is 0.355. The second kappa shape index (κ2) is 12.9. The van der Waals surface area contributed by atoms with E-state index in [2.05, 4.69) is 5.32 Å². The van der Waals surface area contributed by atoms with Crippen LogP contribution in [0.3, 0.4) is 0 Å². The number of aryl methyl sites for hydroxylation is 3. The third-order valence-electron chi connectivity index (χ3n) is 6.81. The number of carbonyl (C=O) groups is 2. The molecule has 0 heterocycles. The highest BCUT2D eigenvalue weighted by Gasteiger charge is 2.32. The Kier molecular flexibility index (Phi) is 9.92. The van der Waals surface area contributed by atoms with Crippen LogP contribution in [-0.2, 0) is 26.2 Å². The highest BCUT2D eigenvalue weighted by Crippen LogP contribution is 2.25. The summed E-state index contributed by atoms with van der Waals surface area (Å²) >= 11 is 0. The lowest BCUT2D eigenvalue weighted by Crippen LogP contribution is -2.52. The van der Waals surface area contributed by atoms with Crippen LogP contribution in [0.1, 0.15) is 49.4 Å². The molecule has 0 aliphatic heterocycles. The first kappa shape index (κ1) is 29.9. The molecule has 0 saturated carbocycles. The first-order valence-electron chi connectivity index (χ1n) is 13.2. The molecule has 3 rings (SSSR count). The number of rotatable bonds is 11. The van der Waals surface area contributed by atoms with Crippen LogP contribution in [0.15, 0.2) is 77.7 Å². The first-order valence-corrected chi connectivity index (χ1v) is 14.7. The minimum atomic E-state index is -4.08. The van der Waals surface area contributed by atoms with Gasteiger partial charge in [-0.3, -0.25) is 13.9 Å². The van der Waals surface area contributed by atoms with Gasteiger partial charge in [-0.1, -0.05) is 72.1 Å². The van der Waals surface area contributed by atoms with Gasteiger partial charge in [0.25, 0.3) is 10.0 Å². The largest absolute Gasteiger partial charge is 0.352 e. The van der Waals surface area contributed by atoms with E-state index in [4.69, 9.17) is 0 Å². The van der Waals surface area contributed by atoms with E-state index in [1.807, 2.05) is 71.0 Å². The average molecular weight is 550 g/mol. The molecular weight excluding hydrogens is 510 g/mol. The van der Waals surface area contributed by atoms with E-state index in [-0.39, 0.29) is 23.4 Å². The van der Waals surface area contributed by atoms with E-state index in [0.29, 0.717) is 5.69 Å². The molecule has 2 atom stereocenters. The fourth-order valence-electron chi connectivity index (χ4n) is 4.13. The predicted octanol–water partition coefficient (Wildman–Crippen LogP) is 5.14. The Morgan fingerprint density at radius 2 is 1.44 bits per heavy atom. The molecule has 7 nitrogen and oxygen atoms in total. The molecular formula is C31H39N3O4S. The Hall–Kier alpha value is -3.65. The predicted molar refractivity (Wildman–Crippen MR) is 156 cm³/mol. The lowest BCUT2D eigenvalue weighted by atomic mass is 10.1. The van der Waals surface area contributed by atoms with Gasteiger partial charge in [-0.05, 0) is 70.9 Å². The average Bonchev–Trinajstić information content (AvgIpc) is 2.90. The molecule has 0 bridgehead atoms. The zero-order chi connectivity index (χ0) is 28.7. The Morgan fingerprint density at radius 3 is 2.00 bits per heavy atom. The number of nitrogens with one attached hydrogen (secondary N) is 1. The van der Waals surface area contributed by atoms with E-state index >= 15 is 0 Å². The standard InChI is InChI=1S/C31H39N3O4S/c1-7-25(5)32-31(36)26(6)33(20-27-10-8-9-24(4)19-27)30(35)21-34(28-15-11-22(2)12-16-28)39(37,38)29-17-13-23(3)14-18-29/h8-19,25-26H,7,20-21H2,1-6H3,(H,32,36). The molecule has 8 heteroatoms. The van der Waals surface area contributed by atoms with Gasteiger partial charge in [0, 0.05) is 12.6 Å². The van der Waals surface area contributed by atoms with Crippen molar-refractivity contribution in [3.63, 3.8) is 0 Å². The summed E-state index contributed by atoms with van der Waals surface area (Å²) in [7, 11) is -4.08. The Labute approximate surface area is 232 Å². The van der Waals surface area contributed by atoms with E-state index in [1.54, 1.807) is 43.3 Å². The monoisotopic (exact) mass is 549 g/mol. The summed E-state index contributed by atoms with van der Waals surface area (Å²) in [6.45, 7) is 11.0. The summed E-state index contributed by atoms with van der Waals surface area (Å²) < 4.78 is 28.8. The zero-order valence-corrected chi connectivity index (χ0v) is 24.5. The van der Waals surface area contributed by atoms with Crippen molar-refractivity contribution in [3.05, 3.63) is 95.1 Å². The van der Waals surface area contributed by atoms with Crippen molar-refractivity contribution >= 4 is 27.5 Å². The van der Waals surface area contributed by atoms with Gasteiger partial charge in [0.2, 0.25) is 11.8 Å². The van der Waals surface area contributed by atoms with Crippen molar-refractivity contribution in [1.29, 1.82) is 0 Å². The number of anilines is 1. The second-order valence-electron chi connectivity index (χ2n) is 10.2. The number of benzene rings is 3. The number of carbonyl (C=O) groups excluding carboxylic acids is 2. The highest BCUT2D eigenvalue weighted by molar-refractivity contribution is 7.92. The van der Waals surface area contributed by atoms with E-state index in [0.717, 1.165) is 33.0 Å². The van der Waals surface area contributed by atoms with Crippen molar-refractivity contribution in [2.45, 2.75) is 71.5 Å². The molecule has 0 fully saturated rings. The van der Waals surface area contributed by atoms with E-state index < -0.39 is 28.5 Å². The number of sulfonamides is 1. The van der Waals surface area contributed by atoms with E-state index in [1.165, 1.54) is 4.90 Å². The molecule has 2 amide bonds. The van der Waals surface area contributed by atoms with Crippen molar-refractivity contribution in [2.75, 3.05) is 10.8 Å². The van der Waals surface area contributed by atoms with Crippen molar-refractivity contribution in [3.8, 4) is 0 Å². The first-order chi connectivity index (χ1) is 18.4. The molecule has 0 aromatic heterocycles. The molecule has 2 unspecified atom stereocenters. The molecule has 0 radical (unpaired) electrons. The van der Waals surface area contributed by atoms with Gasteiger partial charge in [-0.15, -0.1) is 0 Å². The van der Waals surface area contributed by atoms with Crippen LogP contribution < -0.4 is 9.62 Å². The molecule has 3 aromatic rings. The van der Waals surface area contributed by atoms with Crippen LogP contribution in [0.25, 0.3) is 0 Å². The number of hydrogen-bond acceptors (Lipinski definition) is 4. The van der Waals surface area contributed by atoms with Crippen molar-refractivity contribution in [1.82, 2.24) is 10.2 Å². The van der Waals surface area contributed by atoms with Crippen LogP contribution in [0, 0.1) is 20.8 Å². The molecule has 0 aliphatic rings. The van der Waals surface area contributed by atoms with Gasteiger partial charge >= 0.3 is 0 Å².